The molecule has 0 aliphatic carbocycles. The second-order valence-electron chi connectivity index (χ2n) is 4.74. The molecule has 0 saturated carbocycles. The molecule has 0 radical (unpaired) electrons. The zero-order valence-electron chi connectivity index (χ0n) is 11.2. The summed E-state index contributed by atoms with van der Waals surface area (Å²) in [6, 6.07) is 10.4. The first-order valence-corrected chi connectivity index (χ1v) is 7.87. The number of benzene rings is 1. The molecule has 0 amide bonds. The van der Waals surface area contributed by atoms with Gasteiger partial charge in [-0.05, 0) is 34.5 Å². The van der Waals surface area contributed by atoms with Crippen LogP contribution in [-0.4, -0.2) is 9.78 Å². The quantitative estimate of drug-likeness (QED) is 0.743. The Kier molecular flexibility index (Phi) is 3.40. The molecule has 0 unspecified atom stereocenters. The van der Waals surface area contributed by atoms with E-state index in [1.807, 2.05) is 13.1 Å². The average molecular weight is 348 g/mol. The highest BCUT2D eigenvalue weighted by Crippen LogP contribution is 2.38. The van der Waals surface area contributed by atoms with Crippen molar-refractivity contribution in [1.82, 2.24) is 9.78 Å². The summed E-state index contributed by atoms with van der Waals surface area (Å²) in [4.78, 5) is 0. The van der Waals surface area contributed by atoms with Crippen molar-refractivity contribution in [2.45, 2.75) is 6.92 Å². The lowest BCUT2D eigenvalue weighted by Crippen LogP contribution is -1.98. The molecule has 2 heterocycles. The standard InChI is InChI=1S/C15H14BrN3S/c1-9-4-3-5-10(6-9)13-14(18-19(2)15(13)17)11-7-12(16)20-8-11/h3-8H,17H2,1-2H3. The van der Waals surface area contributed by atoms with Crippen molar-refractivity contribution in [2.75, 3.05) is 5.73 Å². The summed E-state index contributed by atoms with van der Waals surface area (Å²) in [6.45, 7) is 2.08. The van der Waals surface area contributed by atoms with E-state index in [2.05, 4.69) is 57.6 Å². The van der Waals surface area contributed by atoms with Crippen LogP contribution in [0.4, 0.5) is 5.82 Å². The minimum absolute atomic E-state index is 0.688. The van der Waals surface area contributed by atoms with Gasteiger partial charge in [-0.25, -0.2) is 0 Å². The highest BCUT2D eigenvalue weighted by atomic mass is 79.9. The predicted molar refractivity (Wildman–Crippen MR) is 88.8 cm³/mol. The van der Waals surface area contributed by atoms with Crippen LogP contribution < -0.4 is 5.73 Å². The number of nitrogens with zero attached hydrogens (tertiary/aromatic N) is 2. The molecule has 0 aliphatic heterocycles. The Labute approximate surface area is 130 Å². The number of thiophene rings is 1. The maximum absolute atomic E-state index is 6.22. The van der Waals surface area contributed by atoms with Crippen LogP contribution in [0.2, 0.25) is 0 Å². The van der Waals surface area contributed by atoms with Crippen LogP contribution in [0.5, 0.6) is 0 Å². The number of anilines is 1. The normalized spacial score (nSPS) is 10.9. The number of halogens is 1. The number of nitrogens with two attached hydrogens (primary N) is 1. The van der Waals surface area contributed by atoms with Crippen molar-refractivity contribution in [2.24, 2.45) is 7.05 Å². The number of hydrogen-bond donors (Lipinski definition) is 1. The molecule has 3 rings (SSSR count). The van der Waals surface area contributed by atoms with Crippen LogP contribution in [0.1, 0.15) is 5.56 Å². The van der Waals surface area contributed by atoms with Gasteiger partial charge in [0.15, 0.2) is 0 Å². The second kappa shape index (κ2) is 5.07. The van der Waals surface area contributed by atoms with Crippen LogP contribution in [0, 0.1) is 6.92 Å². The summed E-state index contributed by atoms with van der Waals surface area (Å²) >= 11 is 5.15. The van der Waals surface area contributed by atoms with Gasteiger partial charge >= 0.3 is 0 Å². The van der Waals surface area contributed by atoms with Crippen molar-refractivity contribution in [3.63, 3.8) is 0 Å². The van der Waals surface area contributed by atoms with Crippen molar-refractivity contribution in [3.05, 3.63) is 45.1 Å². The van der Waals surface area contributed by atoms with E-state index in [0.29, 0.717) is 5.82 Å². The van der Waals surface area contributed by atoms with E-state index < -0.39 is 0 Å². The van der Waals surface area contributed by atoms with Gasteiger partial charge in [0.1, 0.15) is 11.5 Å². The Hall–Kier alpha value is -1.59. The summed E-state index contributed by atoms with van der Waals surface area (Å²) in [5.74, 6) is 0.688. The van der Waals surface area contributed by atoms with Crippen molar-refractivity contribution < 1.29 is 0 Å². The number of aromatic nitrogens is 2. The van der Waals surface area contributed by atoms with Gasteiger partial charge in [0.05, 0.1) is 9.35 Å². The molecule has 0 bridgehead atoms. The Balaban J connectivity index is 2.24. The summed E-state index contributed by atoms with van der Waals surface area (Å²) in [7, 11) is 1.87. The Bertz CT molecular complexity index is 773. The maximum Gasteiger partial charge on any atom is 0.129 e. The van der Waals surface area contributed by atoms with Crippen LogP contribution in [0.15, 0.2) is 39.5 Å². The van der Waals surface area contributed by atoms with Gasteiger partial charge in [-0.2, -0.15) is 5.10 Å². The van der Waals surface area contributed by atoms with Gasteiger partial charge in [0, 0.05) is 18.0 Å². The van der Waals surface area contributed by atoms with Crippen LogP contribution in [-0.2, 0) is 7.05 Å². The molecule has 0 aliphatic rings. The molecular formula is C15H14BrN3S. The van der Waals surface area contributed by atoms with Crippen molar-refractivity contribution in [1.29, 1.82) is 0 Å². The third-order valence-corrected chi connectivity index (χ3v) is 4.74. The largest absolute Gasteiger partial charge is 0.383 e. The number of aryl methyl sites for hydroxylation is 2. The fourth-order valence-corrected chi connectivity index (χ4v) is 3.40. The van der Waals surface area contributed by atoms with E-state index in [9.17, 15) is 0 Å². The Morgan fingerprint density at radius 3 is 2.70 bits per heavy atom. The first kappa shape index (κ1) is 13.4. The molecule has 102 valence electrons. The molecule has 1 aromatic carbocycles. The van der Waals surface area contributed by atoms with E-state index in [1.54, 1.807) is 16.0 Å². The molecule has 20 heavy (non-hydrogen) atoms. The average Bonchev–Trinajstić information content (AvgIpc) is 2.95. The van der Waals surface area contributed by atoms with E-state index in [0.717, 1.165) is 26.2 Å². The fourth-order valence-electron chi connectivity index (χ4n) is 2.26. The first-order valence-electron chi connectivity index (χ1n) is 6.20. The minimum Gasteiger partial charge on any atom is -0.383 e. The lowest BCUT2D eigenvalue weighted by atomic mass is 10.0. The number of hydrogen-bond acceptors (Lipinski definition) is 3. The molecule has 0 atom stereocenters. The Morgan fingerprint density at radius 2 is 2.05 bits per heavy atom. The van der Waals surface area contributed by atoms with E-state index >= 15 is 0 Å². The zero-order valence-corrected chi connectivity index (χ0v) is 13.6. The maximum atomic E-state index is 6.22. The van der Waals surface area contributed by atoms with Crippen molar-refractivity contribution >= 4 is 33.1 Å². The van der Waals surface area contributed by atoms with Gasteiger partial charge in [-0.15, -0.1) is 11.3 Å². The van der Waals surface area contributed by atoms with Crippen molar-refractivity contribution in [3.8, 4) is 22.4 Å². The first-order chi connectivity index (χ1) is 9.56. The molecule has 2 aromatic heterocycles. The van der Waals surface area contributed by atoms with Crippen LogP contribution >= 0.6 is 27.3 Å². The number of nitrogen functional groups attached to an aromatic ring is 1. The summed E-state index contributed by atoms with van der Waals surface area (Å²) in [5, 5.41) is 6.67. The number of rotatable bonds is 2. The molecule has 0 fully saturated rings. The van der Waals surface area contributed by atoms with Gasteiger partial charge in [0.25, 0.3) is 0 Å². The fraction of sp³-hybridized carbons (Fsp3) is 0.133. The van der Waals surface area contributed by atoms with E-state index in [1.165, 1.54) is 5.56 Å². The second-order valence-corrected chi connectivity index (χ2v) is 7.03. The summed E-state index contributed by atoms with van der Waals surface area (Å²) < 4.78 is 2.82. The lowest BCUT2D eigenvalue weighted by Gasteiger charge is -2.04. The highest BCUT2D eigenvalue weighted by Gasteiger charge is 2.18. The van der Waals surface area contributed by atoms with Crippen LogP contribution in [0.3, 0.4) is 0 Å². The SMILES string of the molecule is Cc1cccc(-c2c(-c3csc(Br)c3)nn(C)c2N)c1. The van der Waals surface area contributed by atoms with Gasteiger partial charge in [-0.3, -0.25) is 4.68 Å². The highest BCUT2D eigenvalue weighted by molar-refractivity contribution is 9.11. The van der Waals surface area contributed by atoms with E-state index in [4.69, 9.17) is 5.73 Å². The third kappa shape index (κ3) is 2.27. The third-order valence-electron chi connectivity index (χ3n) is 3.24. The molecule has 3 nitrogen and oxygen atoms in total. The predicted octanol–water partition coefficient (Wildman–Crippen LogP) is 4.47. The molecule has 3 aromatic rings. The lowest BCUT2D eigenvalue weighted by molar-refractivity contribution is 0.782. The zero-order chi connectivity index (χ0) is 14.3. The van der Waals surface area contributed by atoms with Gasteiger partial charge < -0.3 is 5.73 Å². The van der Waals surface area contributed by atoms with Gasteiger partial charge in [-0.1, -0.05) is 29.8 Å². The summed E-state index contributed by atoms with van der Waals surface area (Å²) in [6.07, 6.45) is 0. The monoisotopic (exact) mass is 347 g/mol. The van der Waals surface area contributed by atoms with Gasteiger partial charge in [0.2, 0.25) is 0 Å². The van der Waals surface area contributed by atoms with Crippen LogP contribution in [0.25, 0.3) is 22.4 Å². The topological polar surface area (TPSA) is 43.8 Å². The molecule has 5 heteroatoms. The Morgan fingerprint density at radius 1 is 1.25 bits per heavy atom. The molecule has 2 N–H and O–H groups in total. The molecule has 0 spiro atoms. The van der Waals surface area contributed by atoms with E-state index in [-0.39, 0.29) is 0 Å². The molecule has 0 saturated heterocycles. The summed E-state index contributed by atoms with van der Waals surface area (Å²) in [5.41, 5.74) is 11.6. The minimum atomic E-state index is 0.688. The molecular weight excluding hydrogens is 334 g/mol. The smallest absolute Gasteiger partial charge is 0.129 e.